The maximum absolute atomic E-state index is 12.3. The molecule has 24 heavy (non-hydrogen) atoms. The molecule has 2 heterocycles. The molecule has 2 aromatic heterocycles. The van der Waals surface area contributed by atoms with Gasteiger partial charge in [-0.2, -0.15) is 5.10 Å². The van der Waals surface area contributed by atoms with Crippen LogP contribution in [0.25, 0.3) is 0 Å². The molecule has 0 aliphatic heterocycles. The Morgan fingerprint density at radius 3 is 2.92 bits per heavy atom. The largest absolute Gasteiger partial charge is 0.341 e. The van der Waals surface area contributed by atoms with Gasteiger partial charge in [-0.25, -0.2) is 4.98 Å². The van der Waals surface area contributed by atoms with Crippen molar-refractivity contribution in [3.8, 4) is 0 Å². The monoisotopic (exact) mass is 331 g/mol. The summed E-state index contributed by atoms with van der Waals surface area (Å²) in [7, 11) is 0. The van der Waals surface area contributed by atoms with Crippen LogP contribution in [-0.2, 0) is 6.54 Å². The molecule has 130 valence electrons. The molecule has 8 nitrogen and oxygen atoms in total. The van der Waals surface area contributed by atoms with Crippen molar-refractivity contribution < 1.29 is 4.79 Å². The summed E-state index contributed by atoms with van der Waals surface area (Å²) in [5, 5.41) is 17.7. The fourth-order valence-corrected chi connectivity index (χ4v) is 3.19. The first-order valence-corrected chi connectivity index (χ1v) is 8.71. The standard InChI is InChI=1S/C16H25N7O/c1-11(15-18-12(2)19-21-15)17-16(24)14-10-23(22-20-14)9-8-13-6-4-3-5-7-13/h10-11,13H,3-9H2,1-2H3,(H,17,24)(H,18,19,21)/t11-/m0/s1. The van der Waals surface area contributed by atoms with Crippen molar-refractivity contribution >= 4 is 5.91 Å². The molecule has 2 N–H and O–H groups in total. The summed E-state index contributed by atoms with van der Waals surface area (Å²) < 4.78 is 1.77. The Bertz CT molecular complexity index is 672. The molecule has 1 aliphatic rings. The van der Waals surface area contributed by atoms with E-state index in [1.54, 1.807) is 10.9 Å². The van der Waals surface area contributed by atoms with Gasteiger partial charge < -0.3 is 5.32 Å². The van der Waals surface area contributed by atoms with E-state index in [4.69, 9.17) is 0 Å². The molecule has 8 heteroatoms. The highest BCUT2D eigenvalue weighted by molar-refractivity contribution is 5.92. The third-order valence-electron chi connectivity index (χ3n) is 4.61. The third kappa shape index (κ3) is 4.18. The van der Waals surface area contributed by atoms with Gasteiger partial charge in [0.15, 0.2) is 11.5 Å². The molecule has 1 amide bonds. The Labute approximate surface area is 141 Å². The molecule has 0 saturated heterocycles. The number of nitrogens with one attached hydrogen (secondary N) is 2. The summed E-state index contributed by atoms with van der Waals surface area (Å²) >= 11 is 0. The Hall–Kier alpha value is -2.25. The summed E-state index contributed by atoms with van der Waals surface area (Å²) in [5.41, 5.74) is 0.331. The van der Waals surface area contributed by atoms with Gasteiger partial charge >= 0.3 is 0 Å². The Morgan fingerprint density at radius 1 is 1.42 bits per heavy atom. The van der Waals surface area contributed by atoms with Gasteiger partial charge in [-0.05, 0) is 26.2 Å². The van der Waals surface area contributed by atoms with Gasteiger partial charge in [0, 0.05) is 6.54 Å². The van der Waals surface area contributed by atoms with E-state index in [1.807, 2.05) is 13.8 Å². The van der Waals surface area contributed by atoms with Crippen LogP contribution in [0, 0.1) is 12.8 Å². The van der Waals surface area contributed by atoms with Gasteiger partial charge in [0.25, 0.3) is 5.91 Å². The van der Waals surface area contributed by atoms with Gasteiger partial charge in [0.1, 0.15) is 5.82 Å². The van der Waals surface area contributed by atoms with Crippen LogP contribution in [-0.4, -0.2) is 36.1 Å². The molecule has 3 rings (SSSR count). The van der Waals surface area contributed by atoms with E-state index in [-0.39, 0.29) is 11.9 Å². The highest BCUT2D eigenvalue weighted by atomic mass is 16.2. The number of aromatic nitrogens is 6. The highest BCUT2D eigenvalue weighted by Crippen LogP contribution is 2.26. The van der Waals surface area contributed by atoms with E-state index in [9.17, 15) is 4.79 Å². The second-order valence-electron chi connectivity index (χ2n) is 6.63. The van der Waals surface area contributed by atoms with Crippen LogP contribution in [0.15, 0.2) is 6.20 Å². The number of carbonyl (C=O) groups is 1. The maximum Gasteiger partial charge on any atom is 0.274 e. The van der Waals surface area contributed by atoms with Crippen molar-refractivity contribution in [1.82, 2.24) is 35.5 Å². The minimum absolute atomic E-state index is 0.256. The van der Waals surface area contributed by atoms with Crippen LogP contribution in [0.4, 0.5) is 0 Å². The first-order chi connectivity index (χ1) is 11.6. The van der Waals surface area contributed by atoms with Crippen molar-refractivity contribution in [2.75, 3.05) is 0 Å². The highest BCUT2D eigenvalue weighted by Gasteiger charge is 2.18. The Kier molecular flexibility index (Phi) is 5.22. The van der Waals surface area contributed by atoms with E-state index in [1.165, 1.54) is 32.1 Å². The number of hydrogen-bond acceptors (Lipinski definition) is 5. The molecule has 0 unspecified atom stereocenters. The number of aryl methyl sites for hydroxylation is 2. The predicted molar refractivity (Wildman–Crippen MR) is 88.2 cm³/mol. The van der Waals surface area contributed by atoms with E-state index < -0.39 is 0 Å². The van der Waals surface area contributed by atoms with Crippen molar-refractivity contribution in [3.05, 3.63) is 23.5 Å². The zero-order valence-corrected chi connectivity index (χ0v) is 14.3. The Balaban J connectivity index is 1.51. The lowest BCUT2D eigenvalue weighted by Gasteiger charge is -2.20. The molecule has 0 bridgehead atoms. The minimum Gasteiger partial charge on any atom is -0.341 e. The molecule has 1 atom stereocenters. The lowest BCUT2D eigenvalue weighted by molar-refractivity contribution is 0.0933. The van der Waals surface area contributed by atoms with Crippen LogP contribution in [0.1, 0.15) is 73.6 Å². The number of amides is 1. The van der Waals surface area contributed by atoms with Gasteiger partial charge in [0.2, 0.25) is 0 Å². The number of rotatable bonds is 6. The molecule has 0 spiro atoms. The first kappa shape index (κ1) is 16.6. The smallest absolute Gasteiger partial charge is 0.274 e. The lowest BCUT2D eigenvalue weighted by Crippen LogP contribution is -2.27. The molecular weight excluding hydrogens is 306 g/mol. The molecule has 1 fully saturated rings. The Morgan fingerprint density at radius 2 is 2.21 bits per heavy atom. The first-order valence-electron chi connectivity index (χ1n) is 8.71. The van der Waals surface area contributed by atoms with Crippen LogP contribution >= 0.6 is 0 Å². The number of carbonyl (C=O) groups excluding carboxylic acids is 1. The SMILES string of the molecule is Cc1nc([C@H](C)NC(=O)c2cn(CCC3CCCCC3)nn2)n[nH]1. The van der Waals surface area contributed by atoms with Crippen molar-refractivity contribution in [1.29, 1.82) is 0 Å². The van der Waals surface area contributed by atoms with Crippen LogP contribution in [0.2, 0.25) is 0 Å². The zero-order valence-electron chi connectivity index (χ0n) is 14.3. The zero-order chi connectivity index (χ0) is 16.9. The summed E-state index contributed by atoms with van der Waals surface area (Å²) in [6.45, 7) is 4.48. The molecule has 2 aromatic rings. The summed E-state index contributed by atoms with van der Waals surface area (Å²) in [6, 6.07) is -0.283. The van der Waals surface area contributed by atoms with E-state index in [0.717, 1.165) is 24.7 Å². The van der Waals surface area contributed by atoms with Gasteiger partial charge in [-0.15, -0.1) is 5.10 Å². The van der Waals surface area contributed by atoms with Crippen LogP contribution < -0.4 is 5.32 Å². The number of nitrogens with zero attached hydrogens (tertiary/aromatic N) is 5. The normalized spacial score (nSPS) is 16.9. The molecular formula is C16H25N7O. The average Bonchev–Trinajstić information content (AvgIpc) is 3.23. The number of hydrogen-bond donors (Lipinski definition) is 2. The van der Waals surface area contributed by atoms with Crippen molar-refractivity contribution in [2.45, 2.75) is 65.0 Å². The van der Waals surface area contributed by atoms with E-state index in [0.29, 0.717) is 11.5 Å². The second-order valence-corrected chi connectivity index (χ2v) is 6.63. The lowest BCUT2D eigenvalue weighted by atomic mass is 9.87. The average molecular weight is 331 g/mol. The van der Waals surface area contributed by atoms with Crippen LogP contribution in [0.5, 0.6) is 0 Å². The number of aromatic amines is 1. The topological polar surface area (TPSA) is 101 Å². The molecule has 0 radical (unpaired) electrons. The van der Waals surface area contributed by atoms with Crippen molar-refractivity contribution in [3.63, 3.8) is 0 Å². The molecule has 0 aromatic carbocycles. The quantitative estimate of drug-likeness (QED) is 0.844. The third-order valence-corrected chi connectivity index (χ3v) is 4.61. The summed E-state index contributed by atoms with van der Waals surface area (Å²) in [5.74, 6) is 1.81. The van der Waals surface area contributed by atoms with Crippen molar-refractivity contribution in [2.24, 2.45) is 5.92 Å². The predicted octanol–water partition coefficient (Wildman–Crippen LogP) is 2.17. The van der Waals surface area contributed by atoms with E-state index >= 15 is 0 Å². The van der Waals surface area contributed by atoms with Crippen LogP contribution in [0.3, 0.4) is 0 Å². The maximum atomic E-state index is 12.3. The van der Waals surface area contributed by atoms with E-state index in [2.05, 4.69) is 30.8 Å². The molecule has 1 saturated carbocycles. The van der Waals surface area contributed by atoms with Gasteiger partial charge in [-0.1, -0.05) is 37.3 Å². The summed E-state index contributed by atoms with van der Waals surface area (Å²) in [6.07, 6.45) is 9.51. The van der Waals surface area contributed by atoms with Gasteiger partial charge in [-0.3, -0.25) is 14.6 Å². The fraction of sp³-hybridized carbons (Fsp3) is 0.688. The fourth-order valence-electron chi connectivity index (χ4n) is 3.19. The second kappa shape index (κ2) is 7.55. The minimum atomic E-state index is -0.283. The summed E-state index contributed by atoms with van der Waals surface area (Å²) in [4.78, 5) is 16.5. The van der Waals surface area contributed by atoms with Gasteiger partial charge in [0.05, 0.1) is 12.2 Å². The number of H-pyrrole nitrogens is 1. The molecule has 1 aliphatic carbocycles.